The van der Waals surface area contributed by atoms with Crippen LogP contribution in [0.2, 0.25) is 0 Å². The van der Waals surface area contributed by atoms with E-state index in [1.807, 2.05) is 36.4 Å². The van der Waals surface area contributed by atoms with Crippen molar-refractivity contribution in [1.82, 2.24) is 0 Å². The van der Waals surface area contributed by atoms with Crippen LogP contribution in [0.4, 0.5) is 11.4 Å². The SMILES string of the molecule is CC(C)c1ccc(NC(=S)Nc2ccc(Br)cc2)cc1. The number of hydrogen-bond donors (Lipinski definition) is 2. The van der Waals surface area contributed by atoms with Gasteiger partial charge < -0.3 is 10.6 Å². The van der Waals surface area contributed by atoms with Crippen LogP contribution in [0.1, 0.15) is 25.3 Å². The summed E-state index contributed by atoms with van der Waals surface area (Å²) in [7, 11) is 0. The van der Waals surface area contributed by atoms with Gasteiger partial charge in [0.1, 0.15) is 0 Å². The zero-order chi connectivity index (χ0) is 14.5. The van der Waals surface area contributed by atoms with E-state index < -0.39 is 0 Å². The van der Waals surface area contributed by atoms with Crippen LogP contribution in [0.25, 0.3) is 0 Å². The van der Waals surface area contributed by atoms with Crippen LogP contribution >= 0.6 is 28.1 Å². The summed E-state index contributed by atoms with van der Waals surface area (Å²) >= 11 is 8.71. The van der Waals surface area contributed by atoms with Gasteiger partial charge in [-0.3, -0.25) is 0 Å². The first kappa shape index (κ1) is 15.0. The van der Waals surface area contributed by atoms with Gasteiger partial charge in [0.2, 0.25) is 0 Å². The predicted molar refractivity (Wildman–Crippen MR) is 94.5 cm³/mol. The maximum Gasteiger partial charge on any atom is 0.175 e. The summed E-state index contributed by atoms with van der Waals surface area (Å²) in [4.78, 5) is 0. The Morgan fingerprint density at radius 3 is 1.80 bits per heavy atom. The molecule has 104 valence electrons. The molecule has 2 aromatic carbocycles. The summed E-state index contributed by atoms with van der Waals surface area (Å²) in [5, 5.41) is 6.92. The fourth-order valence-corrected chi connectivity index (χ4v) is 2.28. The van der Waals surface area contributed by atoms with Gasteiger partial charge in [0, 0.05) is 15.8 Å². The second-order valence-electron chi connectivity index (χ2n) is 4.86. The quantitative estimate of drug-likeness (QED) is 0.728. The molecule has 0 aliphatic carbocycles. The van der Waals surface area contributed by atoms with Crippen molar-refractivity contribution in [2.75, 3.05) is 10.6 Å². The Morgan fingerprint density at radius 1 is 0.900 bits per heavy atom. The number of benzene rings is 2. The number of halogens is 1. The second kappa shape index (κ2) is 6.86. The highest BCUT2D eigenvalue weighted by atomic mass is 79.9. The van der Waals surface area contributed by atoms with Gasteiger partial charge in [-0.25, -0.2) is 0 Å². The van der Waals surface area contributed by atoms with Crippen molar-refractivity contribution in [1.29, 1.82) is 0 Å². The van der Waals surface area contributed by atoms with Gasteiger partial charge in [0.25, 0.3) is 0 Å². The van der Waals surface area contributed by atoms with Crippen molar-refractivity contribution in [3.8, 4) is 0 Å². The number of nitrogens with one attached hydrogen (secondary N) is 2. The van der Waals surface area contributed by atoms with Gasteiger partial charge in [0.15, 0.2) is 5.11 Å². The molecular weight excluding hydrogens is 332 g/mol. The Balaban J connectivity index is 1.95. The molecule has 0 saturated heterocycles. The molecule has 0 heterocycles. The molecule has 0 fully saturated rings. The molecule has 0 amide bonds. The van der Waals surface area contributed by atoms with Gasteiger partial charge in [-0.05, 0) is 60.1 Å². The van der Waals surface area contributed by atoms with E-state index in [1.54, 1.807) is 0 Å². The van der Waals surface area contributed by atoms with E-state index in [-0.39, 0.29) is 0 Å². The molecule has 0 unspecified atom stereocenters. The van der Waals surface area contributed by atoms with Crippen molar-refractivity contribution in [3.05, 3.63) is 58.6 Å². The van der Waals surface area contributed by atoms with Gasteiger partial charge in [-0.2, -0.15) is 0 Å². The lowest BCUT2D eigenvalue weighted by molar-refractivity contribution is 0.867. The number of thiocarbonyl (C=S) groups is 1. The summed E-state index contributed by atoms with van der Waals surface area (Å²) in [6, 6.07) is 16.2. The summed E-state index contributed by atoms with van der Waals surface area (Å²) in [5.41, 5.74) is 3.27. The summed E-state index contributed by atoms with van der Waals surface area (Å²) in [5.74, 6) is 0.539. The zero-order valence-electron chi connectivity index (χ0n) is 11.5. The summed E-state index contributed by atoms with van der Waals surface area (Å²) < 4.78 is 1.05. The number of rotatable bonds is 3. The molecule has 0 radical (unpaired) electrons. The third-order valence-electron chi connectivity index (χ3n) is 2.94. The molecule has 0 spiro atoms. The first-order valence-corrected chi connectivity index (χ1v) is 7.68. The molecule has 0 aromatic heterocycles. The van der Waals surface area contributed by atoms with E-state index in [0.717, 1.165) is 15.8 Å². The minimum atomic E-state index is 0.539. The monoisotopic (exact) mass is 348 g/mol. The fraction of sp³-hybridized carbons (Fsp3) is 0.188. The topological polar surface area (TPSA) is 24.1 Å². The lowest BCUT2D eigenvalue weighted by atomic mass is 10.0. The van der Waals surface area contributed by atoms with Crippen LogP contribution in [0.5, 0.6) is 0 Å². The predicted octanol–water partition coefficient (Wildman–Crippen LogP) is 5.38. The van der Waals surface area contributed by atoms with Gasteiger partial charge in [-0.15, -0.1) is 0 Å². The van der Waals surface area contributed by atoms with E-state index in [9.17, 15) is 0 Å². The van der Waals surface area contributed by atoms with Crippen molar-refractivity contribution >= 4 is 44.6 Å². The van der Waals surface area contributed by atoms with E-state index >= 15 is 0 Å². The lowest BCUT2D eigenvalue weighted by Gasteiger charge is -2.12. The first-order chi connectivity index (χ1) is 9.54. The number of anilines is 2. The zero-order valence-corrected chi connectivity index (χ0v) is 13.9. The van der Waals surface area contributed by atoms with E-state index in [1.165, 1.54) is 5.56 Å². The Morgan fingerprint density at radius 2 is 1.35 bits per heavy atom. The lowest BCUT2D eigenvalue weighted by Crippen LogP contribution is -2.18. The molecular formula is C16H17BrN2S. The molecule has 0 bridgehead atoms. The standard InChI is InChI=1S/C16H17BrN2S/c1-11(2)12-3-7-14(8-4-12)18-16(20)19-15-9-5-13(17)6-10-15/h3-11H,1-2H3,(H2,18,19,20). The molecule has 0 saturated carbocycles. The minimum absolute atomic E-state index is 0.539. The van der Waals surface area contributed by atoms with E-state index in [4.69, 9.17) is 12.2 Å². The highest BCUT2D eigenvalue weighted by Gasteiger charge is 2.01. The van der Waals surface area contributed by atoms with Gasteiger partial charge >= 0.3 is 0 Å². The molecule has 2 aromatic rings. The normalized spacial score (nSPS) is 10.4. The van der Waals surface area contributed by atoms with Crippen LogP contribution in [0.15, 0.2) is 53.0 Å². The highest BCUT2D eigenvalue weighted by molar-refractivity contribution is 9.10. The maximum atomic E-state index is 5.30. The van der Waals surface area contributed by atoms with Crippen molar-refractivity contribution in [3.63, 3.8) is 0 Å². The average molecular weight is 349 g/mol. The Bertz CT molecular complexity index is 576. The smallest absolute Gasteiger partial charge is 0.175 e. The molecule has 0 aliphatic rings. The third kappa shape index (κ3) is 4.32. The molecule has 20 heavy (non-hydrogen) atoms. The first-order valence-electron chi connectivity index (χ1n) is 6.48. The van der Waals surface area contributed by atoms with E-state index in [0.29, 0.717) is 11.0 Å². The van der Waals surface area contributed by atoms with Crippen LogP contribution < -0.4 is 10.6 Å². The van der Waals surface area contributed by atoms with E-state index in [2.05, 4.69) is 52.5 Å². The van der Waals surface area contributed by atoms with Crippen molar-refractivity contribution in [2.24, 2.45) is 0 Å². The van der Waals surface area contributed by atoms with Crippen LogP contribution in [-0.4, -0.2) is 5.11 Å². The third-order valence-corrected chi connectivity index (χ3v) is 3.67. The summed E-state index contributed by atoms with van der Waals surface area (Å²) in [6.07, 6.45) is 0. The Labute approximate surface area is 133 Å². The van der Waals surface area contributed by atoms with Crippen LogP contribution in [0, 0.1) is 0 Å². The maximum absolute atomic E-state index is 5.30. The van der Waals surface area contributed by atoms with Gasteiger partial charge in [-0.1, -0.05) is 41.9 Å². The van der Waals surface area contributed by atoms with Crippen molar-refractivity contribution in [2.45, 2.75) is 19.8 Å². The molecule has 2 nitrogen and oxygen atoms in total. The largest absolute Gasteiger partial charge is 0.332 e. The summed E-state index contributed by atoms with van der Waals surface area (Å²) in [6.45, 7) is 4.37. The number of hydrogen-bond acceptors (Lipinski definition) is 1. The second-order valence-corrected chi connectivity index (χ2v) is 6.19. The molecule has 2 N–H and O–H groups in total. The van der Waals surface area contributed by atoms with Crippen LogP contribution in [-0.2, 0) is 0 Å². The highest BCUT2D eigenvalue weighted by Crippen LogP contribution is 2.18. The molecule has 0 aliphatic heterocycles. The van der Waals surface area contributed by atoms with Crippen LogP contribution in [0.3, 0.4) is 0 Å². The average Bonchev–Trinajstić information content (AvgIpc) is 2.42. The van der Waals surface area contributed by atoms with Crippen molar-refractivity contribution < 1.29 is 0 Å². The minimum Gasteiger partial charge on any atom is -0.332 e. The fourth-order valence-electron chi connectivity index (χ4n) is 1.78. The Kier molecular flexibility index (Phi) is 5.15. The molecule has 2 rings (SSSR count). The molecule has 4 heteroatoms. The Hall–Kier alpha value is -1.39. The molecule has 0 atom stereocenters. The van der Waals surface area contributed by atoms with Gasteiger partial charge in [0.05, 0.1) is 0 Å².